The van der Waals surface area contributed by atoms with Crippen LogP contribution in [0.4, 0.5) is 5.13 Å². The summed E-state index contributed by atoms with van der Waals surface area (Å²) in [6, 6.07) is 0. The summed E-state index contributed by atoms with van der Waals surface area (Å²) < 4.78 is 4.85. The second-order valence-corrected chi connectivity index (χ2v) is 5.26. The summed E-state index contributed by atoms with van der Waals surface area (Å²) in [5.74, 6) is -1.93. The fourth-order valence-corrected chi connectivity index (χ4v) is 2.74. The summed E-state index contributed by atoms with van der Waals surface area (Å²) in [5.41, 5.74) is -0.0808. The zero-order valence-electron chi connectivity index (χ0n) is 11.5. The Balaban J connectivity index is 2.35. The van der Waals surface area contributed by atoms with E-state index >= 15 is 0 Å². The van der Waals surface area contributed by atoms with Crippen molar-refractivity contribution in [2.75, 3.05) is 24.6 Å². The number of hydrogen-bond donors (Lipinski definition) is 1. The molecule has 0 unspecified atom stereocenters. The predicted molar refractivity (Wildman–Crippen MR) is 73.4 cm³/mol. The Morgan fingerprint density at radius 2 is 1.95 bits per heavy atom. The van der Waals surface area contributed by atoms with Crippen molar-refractivity contribution in [3.05, 3.63) is 10.6 Å². The average Bonchev–Trinajstić information content (AvgIpc) is 2.83. The molecule has 1 aliphatic heterocycles. The highest BCUT2D eigenvalue weighted by Gasteiger charge is 2.29. The Bertz CT molecular complexity index is 608. The van der Waals surface area contributed by atoms with E-state index in [0.717, 1.165) is 11.3 Å². The lowest BCUT2D eigenvalue weighted by molar-refractivity contribution is -0.130. The molecule has 1 fully saturated rings. The van der Waals surface area contributed by atoms with Crippen molar-refractivity contribution in [3.8, 4) is 0 Å². The van der Waals surface area contributed by atoms with Crippen LogP contribution in [0.1, 0.15) is 34.0 Å². The first-order chi connectivity index (χ1) is 9.92. The second-order valence-electron chi connectivity index (χ2n) is 4.28. The van der Waals surface area contributed by atoms with E-state index in [1.54, 1.807) is 6.92 Å². The van der Waals surface area contributed by atoms with Gasteiger partial charge in [0.25, 0.3) is 0 Å². The number of piperazine rings is 1. The monoisotopic (exact) mass is 311 g/mol. The lowest BCUT2D eigenvalue weighted by Gasteiger charge is -2.24. The van der Waals surface area contributed by atoms with Gasteiger partial charge in [-0.1, -0.05) is 11.3 Å². The number of aromatic nitrogens is 1. The number of carbonyl (C=O) groups excluding carboxylic acids is 4. The Morgan fingerprint density at radius 1 is 1.33 bits per heavy atom. The topological polar surface area (TPSA) is 106 Å². The van der Waals surface area contributed by atoms with Crippen LogP contribution in [0.25, 0.3) is 0 Å². The first kappa shape index (κ1) is 15.1. The van der Waals surface area contributed by atoms with Gasteiger partial charge in [0.1, 0.15) is 18.0 Å². The molecule has 0 radical (unpaired) electrons. The molecule has 1 aromatic heterocycles. The molecule has 0 aliphatic carbocycles. The molecule has 1 N–H and O–H groups in total. The largest absolute Gasteiger partial charge is 0.461 e. The van der Waals surface area contributed by atoms with E-state index in [9.17, 15) is 19.2 Å². The van der Waals surface area contributed by atoms with Crippen LogP contribution in [0.5, 0.6) is 0 Å². The zero-order chi connectivity index (χ0) is 15.6. The van der Waals surface area contributed by atoms with Crippen molar-refractivity contribution >= 4 is 40.0 Å². The minimum atomic E-state index is -0.696. The maximum absolute atomic E-state index is 11.8. The second kappa shape index (κ2) is 6.00. The van der Waals surface area contributed by atoms with Gasteiger partial charge in [-0.25, -0.2) is 9.78 Å². The van der Waals surface area contributed by atoms with Crippen LogP contribution in [0.2, 0.25) is 0 Å². The van der Waals surface area contributed by atoms with Crippen LogP contribution in [0.3, 0.4) is 0 Å². The molecule has 9 heteroatoms. The number of thiazole rings is 1. The first-order valence-electron chi connectivity index (χ1n) is 6.19. The minimum Gasteiger partial charge on any atom is -0.461 e. The Labute approximate surface area is 124 Å². The van der Waals surface area contributed by atoms with Gasteiger partial charge in [-0.2, -0.15) is 0 Å². The summed E-state index contributed by atoms with van der Waals surface area (Å²) >= 11 is 0.965. The van der Waals surface area contributed by atoms with Gasteiger partial charge < -0.3 is 9.64 Å². The maximum Gasteiger partial charge on any atom is 0.358 e. The molecule has 112 valence electrons. The minimum absolute atomic E-state index is 0.0567. The number of ether oxygens (including phenoxy) is 1. The molecule has 0 saturated carbocycles. The Kier molecular flexibility index (Phi) is 4.32. The summed E-state index contributed by atoms with van der Waals surface area (Å²) in [6.45, 7) is 3.01. The first-order valence-corrected chi connectivity index (χ1v) is 7.00. The summed E-state index contributed by atoms with van der Waals surface area (Å²) in [5, 5.41) is 2.43. The van der Waals surface area contributed by atoms with Crippen LogP contribution >= 0.6 is 11.3 Å². The number of imide groups is 1. The van der Waals surface area contributed by atoms with Gasteiger partial charge in [0.2, 0.25) is 11.8 Å². The quantitative estimate of drug-likeness (QED) is 0.473. The highest BCUT2D eigenvalue weighted by Crippen LogP contribution is 2.28. The van der Waals surface area contributed by atoms with Crippen molar-refractivity contribution in [3.63, 3.8) is 0 Å². The van der Waals surface area contributed by atoms with Crippen LogP contribution in [0.15, 0.2) is 0 Å². The third-order valence-corrected chi connectivity index (χ3v) is 3.84. The van der Waals surface area contributed by atoms with Gasteiger partial charge >= 0.3 is 5.97 Å². The number of ketones is 1. The van der Waals surface area contributed by atoms with Gasteiger partial charge in [-0.05, 0) is 6.92 Å². The molecule has 1 saturated heterocycles. The molecule has 2 rings (SSSR count). The lowest BCUT2D eigenvalue weighted by Crippen LogP contribution is -2.51. The molecular formula is C12H13N3O5S. The molecule has 21 heavy (non-hydrogen) atoms. The van der Waals surface area contributed by atoms with E-state index in [2.05, 4.69) is 10.3 Å². The average molecular weight is 311 g/mol. The number of Topliss-reactive ketones (excluding diaryl/α,β-unsaturated/α-hetero) is 1. The number of nitrogens with zero attached hydrogens (tertiary/aromatic N) is 2. The predicted octanol–water partition coefficient (Wildman–Crippen LogP) is -0.0148. The number of nitrogens with one attached hydrogen (secondary N) is 1. The van der Waals surface area contributed by atoms with E-state index < -0.39 is 17.8 Å². The van der Waals surface area contributed by atoms with Gasteiger partial charge in [-0.15, -0.1) is 0 Å². The number of hydrogen-bond acceptors (Lipinski definition) is 8. The highest BCUT2D eigenvalue weighted by molar-refractivity contribution is 7.17. The van der Waals surface area contributed by atoms with E-state index in [-0.39, 0.29) is 41.2 Å². The zero-order valence-corrected chi connectivity index (χ0v) is 12.3. The van der Waals surface area contributed by atoms with Crippen LogP contribution in [-0.4, -0.2) is 48.2 Å². The molecule has 1 aliphatic rings. The Hall–Kier alpha value is -2.29. The number of amides is 2. The molecular weight excluding hydrogens is 298 g/mol. The highest BCUT2D eigenvalue weighted by atomic mass is 32.1. The van der Waals surface area contributed by atoms with Crippen molar-refractivity contribution in [2.24, 2.45) is 0 Å². The van der Waals surface area contributed by atoms with Crippen molar-refractivity contribution in [1.82, 2.24) is 10.3 Å². The molecule has 0 aromatic carbocycles. The lowest BCUT2D eigenvalue weighted by atomic mass is 10.3. The standard InChI is InChI=1S/C12H13N3O5S/c1-3-20-11(19)9-10(6(2)16)21-12(14-9)15-4-7(17)13-8(18)5-15/h3-5H2,1-2H3,(H,13,17,18). The molecule has 0 bridgehead atoms. The number of anilines is 1. The number of carbonyl (C=O) groups is 4. The normalized spacial score (nSPS) is 14.9. The van der Waals surface area contributed by atoms with Gasteiger partial charge in [-0.3, -0.25) is 19.7 Å². The fraction of sp³-hybridized carbons (Fsp3) is 0.417. The molecule has 0 spiro atoms. The van der Waals surface area contributed by atoms with Crippen LogP contribution in [-0.2, 0) is 14.3 Å². The third-order valence-electron chi connectivity index (χ3n) is 2.62. The molecule has 2 heterocycles. The third kappa shape index (κ3) is 3.24. The van der Waals surface area contributed by atoms with Gasteiger partial charge in [0.15, 0.2) is 16.6 Å². The van der Waals surface area contributed by atoms with E-state index in [0.29, 0.717) is 0 Å². The summed E-state index contributed by atoms with van der Waals surface area (Å²) in [6.07, 6.45) is 0. The fourth-order valence-electron chi connectivity index (χ4n) is 1.79. The van der Waals surface area contributed by atoms with Crippen molar-refractivity contribution < 1.29 is 23.9 Å². The molecule has 8 nitrogen and oxygen atoms in total. The SMILES string of the molecule is CCOC(=O)c1nc(N2CC(=O)NC(=O)C2)sc1C(C)=O. The van der Waals surface area contributed by atoms with Gasteiger partial charge in [0.05, 0.1) is 6.61 Å². The van der Waals surface area contributed by atoms with Gasteiger partial charge in [0, 0.05) is 6.92 Å². The Morgan fingerprint density at radius 3 is 2.48 bits per heavy atom. The van der Waals surface area contributed by atoms with E-state index in [1.165, 1.54) is 11.8 Å². The van der Waals surface area contributed by atoms with Crippen molar-refractivity contribution in [2.45, 2.75) is 13.8 Å². The molecule has 2 amide bonds. The van der Waals surface area contributed by atoms with E-state index in [1.807, 2.05) is 0 Å². The molecule has 1 aromatic rings. The number of esters is 1. The van der Waals surface area contributed by atoms with Crippen molar-refractivity contribution in [1.29, 1.82) is 0 Å². The smallest absolute Gasteiger partial charge is 0.358 e. The number of rotatable bonds is 4. The van der Waals surface area contributed by atoms with Crippen LogP contribution < -0.4 is 10.2 Å². The summed E-state index contributed by atoms with van der Waals surface area (Å²) in [7, 11) is 0. The van der Waals surface area contributed by atoms with Crippen LogP contribution in [0, 0.1) is 0 Å². The van der Waals surface area contributed by atoms with E-state index in [4.69, 9.17) is 4.74 Å². The summed E-state index contributed by atoms with van der Waals surface area (Å²) in [4.78, 5) is 51.8. The molecule has 0 atom stereocenters. The maximum atomic E-state index is 11.8.